The summed E-state index contributed by atoms with van der Waals surface area (Å²) in [6.07, 6.45) is 1.28. The Bertz CT molecular complexity index is 930. The Morgan fingerprint density at radius 1 is 1.23 bits per heavy atom. The summed E-state index contributed by atoms with van der Waals surface area (Å²) >= 11 is 5.65. The fraction of sp³-hybridized carbons (Fsp3) is 0.278. The zero-order valence-electron chi connectivity index (χ0n) is 14.4. The molecule has 0 saturated carbocycles. The van der Waals surface area contributed by atoms with Gasteiger partial charge in [-0.1, -0.05) is 17.7 Å². The summed E-state index contributed by atoms with van der Waals surface area (Å²) < 4.78 is 19.8. The van der Waals surface area contributed by atoms with Crippen molar-refractivity contribution in [3.05, 3.63) is 57.2 Å². The third kappa shape index (κ3) is 4.70. The first-order chi connectivity index (χ1) is 12.0. The predicted octanol–water partition coefficient (Wildman–Crippen LogP) is 3.35. The van der Waals surface area contributed by atoms with Crippen molar-refractivity contribution in [1.82, 2.24) is 4.57 Å². The lowest BCUT2D eigenvalue weighted by Crippen LogP contribution is -2.32. The van der Waals surface area contributed by atoms with Gasteiger partial charge in [0, 0.05) is 6.20 Å². The quantitative estimate of drug-likeness (QED) is 0.821. The minimum absolute atomic E-state index is 0.0886. The number of aromatic nitrogens is 1. The van der Waals surface area contributed by atoms with E-state index in [4.69, 9.17) is 16.3 Å². The number of hydrogen-bond donors (Lipinski definition) is 1. The number of pyridine rings is 1. The smallest absolute Gasteiger partial charge is 0.341 e. The molecule has 0 spiro atoms. The SMILES string of the molecule is CC(C)(C)OC(=O)Cn1cc(-c2ccc(Cl)c(F)c2)cc(C(=O)O)c1=O. The number of halogens is 2. The lowest BCUT2D eigenvalue weighted by molar-refractivity contribution is -0.155. The molecule has 2 aromatic rings. The van der Waals surface area contributed by atoms with Gasteiger partial charge in [-0.25, -0.2) is 9.18 Å². The van der Waals surface area contributed by atoms with Gasteiger partial charge in [-0.2, -0.15) is 0 Å². The first-order valence-electron chi connectivity index (χ1n) is 7.63. The summed E-state index contributed by atoms with van der Waals surface area (Å²) in [6.45, 7) is 4.54. The molecule has 138 valence electrons. The molecule has 1 aromatic heterocycles. The van der Waals surface area contributed by atoms with Crippen LogP contribution in [0.3, 0.4) is 0 Å². The summed E-state index contributed by atoms with van der Waals surface area (Å²) in [4.78, 5) is 35.7. The largest absolute Gasteiger partial charge is 0.477 e. The molecule has 0 aliphatic rings. The third-order valence-corrected chi connectivity index (χ3v) is 3.60. The van der Waals surface area contributed by atoms with E-state index in [1.54, 1.807) is 20.8 Å². The van der Waals surface area contributed by atoms with Crippen LogP contribution in [0.5, 0.6) is 0 Å². The molecule has 2 rings (SSSR count). The molecule has 1 N–H and O–H groups in total. The summed E-state index contributed by atoms with van der Waals surface area (Å²) in [5, 5.41) is 9.17. The average molecular weight is 382 g/mol. The van der Waals surface area contributed by atoms with E-state index < -0.39 is 41.0 Å². The van der Waals surface area contributed by atoms with Crippen LogP contribution in [0, 0.1) is 5.82 Å². The van der Waals surface area contributed by atoms with Crippen molar-refractivity contribution in [2.75, 3.05) is 0 Å². The van der Waals surface area contributed by atoms with Crippen LogP contribution in [0.1, 0.15) is 31.1 Å². The average Bonchev–Trinajstić information content (AvgIpc) is 2.50. The number of carboxylic acids is 1. The Labute approximate surface area is 153 Å². The van der Waals surface area contributed by atoms with Crippen molar-refractivity contribution in [2.24, 2.45) is 0 Å². The Balaban J connectivity index is 2.52. The van der Waals surface area contributed by atoms with Gasteiger partial charge in [-0.05, 0) is 50.1 Å². The standard InChI is InChI=1S/C18H17ClFNO5/c1-18(2,3)26-15(22)9-21-8-11(6-12(16(21)23)17(24)25)10-4-5-13(19)14(20)7-10/h4-8H,9H2,1-3H3,(H,24,25). The van der Waals surface area contributed by atoms with Gasteiger partial charge in [0.05, 0.1) is 5.02 Å². The minimum atomic E-state index is -1.45. The zero-order chi connectivity index (χ0) is 19.6. The lowest BCUT2D eigenvalue weighted by atomic mass is 10.1. The number of rotatable bonds is 4. The lowest BCUT2D eigenvalue weighted by Gasteiger charge is -2.20. The van der Waals surface area contributed by atoms with Gasteiger partial charge in [-0.3, -0.25) is 9.59 Å². The Kier molecular flexibility index (Phi) is 5.51. The molecule has 1 aromatic carbocycles. The van der Waals surface area contributed by atoms with Gasteiger partial charge in [0.2, 0.25) is 0 Å². The summed E-state index contributed by atoms with van der Waals surface area (Å²) in [6, 6.07) is 5.04. The van der Waals surface area contributed by atoms with Crippen LogP contribution in [0.4, 0.5) is 4.39 Å². The molecule has 0 atom stereocenters. The maximum atomic E-state index is 13.7. The Morgan fingerprint density at radius 2 is 1.88 bits per heavy atom. The van der Waals surface area contributed by atoms with E-state index >= 15 is 0 Å². The van der Waals surface area contributed by atoms with E-state index in [1.165, 1.54) is 18.3 Å². The summed E-state index contributed by atoms with van der Waals surface area (Å²) in [5.41, 5.74) is -1.59. The molecule has 0 radical (unpaired) electrons. The van der Waals surface area contributed by atoms with Crippen LogP contribution in [-0.4, -0.2) is 27.2 Å². The highest BCUT2D eigenvalue weighted by Gasteiger charge is 2.20. The molecule has 1 heterocycles. The van der Waals surface area contributed by atoms with E-state index in [2.05, 4.69) is 0 Å². The highest BCUT2D eigenvalue weighted by molar-refractivity contribution is 6.30. The van der Waals surface area contributed by atoms with Crippen molar-refractivity contribution in [2.45, 2.75) is 32.9 Å². The number of carbonyl (C=O) groups is 2. The Hall–Kier alpha value is -2.67. The molecule has 0 fully saturated rings. The van der Waals surface area contributed by atoms with E-state index in [1.807, 2.05) is 0 Å². The molecule has 26 heavy (non-hydrogen) atoms. The molecular weight excluding hydrogens is 365 g/mol. The van der Waals surface area contributed by atoms with Gasteiger partial charge in [0.1, 0.15) is 23.5 Å². The fourth-order valence-corrected chi connectivity index (χ4v) is 2.37. The van der Waals surface area contributed by atoms with Crippen molar-refractivity contribution in [3.8, 4) is 11.1 Å². The van der Waals surface area contributed by atoms with Crippen LogP contribution in [0.25, 0.3) is 11.1 Å². The molecule has 0 aliphatic carbocycles. The van der Waals surface area contributed by atoms with E-state index in [0.717, 1.165) is 16.7 Å². The molecule has 6 nitrogen and oxygen atoms in total. The van der Waals surface area contributed by atoms with Gasteiger partial charge in [0.25, 0.3) is 5.56 Å². The second-order valence-corrected chi connectivity index (χ2v) is 7.00. The van der Waals surface area contributed by atoms with Crippen LogP contribution in [-0.2, 0) is 16.1 Å². The summed E-state index contributed by atoms with van der Waals surface area (Å²) in [5.74, 6) is -2.84. The molecule has 0 aliphatic heterocycles. The molecule has 0 unspecified atom stereocenters. The van der Waals surface area contributed by atoms with Gasteiger partial charge < -0.3 is 14.4 Å². The van der Waals surface area contributed by atoms with Gasteiger partial charge in [0.15, 0.2) is 0 Å². The van der Waals surface area contributed by atoms with E-state index in [9.17, 15) is 23.9 Å². The van der Waals surface area contributed by atoms with Crippen molar-refractivity contribution >= 4 is 23.5 Å². The predicted molar refractivity (Wildman–Crippen MR) is 93.9 cm³/mol. The normalized spacial score (nSPS) is 11.3. The Morgan fingerprint density at radius 3 is 2.42 bits per heavy atom. The first kappa shape index (κ1) is 19.7. The third-order valence-electron chi connectivity index (χ3n) is 3.29. The summed E-state index contributed by atoms with van der Waals surface area (Å²) in [7, 11) is 0. The molecule has 0 amide bonds. The highest BCUT2D eigenvalue weighted by atomic mass is 35.5. The second-order valence-electron chi connectivity index (χ2n) is 6.60. The topological polar surface area (TPSA) is 85.6 Å². The number of ether oxygens (including phenoxy) is 1. The van der Waals surface area contributed by atoms with Crippen LogP contribution >= 0.6 is 11.6 Å². The van der Waals surface area contributed by atoms with E-state index in [-0.39, 0.29) is 10.6 Å². The number of aromatic carboxylic acids is 1. The number of benzene rings is 1. The first-order valence-corrected chi connectivity index (χ1v) is 8.01. The number of hydrogen-bond acceptors (Lipinski definition) is 4. The maximum Gasteiger partial charge on any atom is 0.341 e. The zero-order valence-corrected chi connectivity index (χ0v) is 15.1. The maximum absolute atomic E-state index is 13.7. The monoisotopic (exact) mass is 381 g/mol. The van der Waals surface area contributed by atoms with Crippen LogP contribution in [0.2, 0.25) is 5.02 Å². The van der Waals surface area contributed by atoms with Crippen molar-refractivity contribution in [3.63, 3.8) is 0 Å². The van der Waals surface area contributed by atoms with E-state index in [0.29, 0.717) is 5.56 Å². The van der Waals surface area contributed by atoms with Crippen molar-refractivity contribution < 1.29 is 23.8 Å². The molecule has 0 bridgehead atoms. The molecule has 8 heteroatoms. The number of nitrogens with zero attached hydrogens (tertiary/aromatic N) is 1. The highest BCUT2D eigenvalue weighted by Crippen LogP contribution is 2.24. The molecular formula is C18H17ClFNO5. The van der Waals surface area contributed by atoms with Crippen LogP contribution < -0.4 is 5.56 Å². The van der Waals surface area contributed by atoms with Crippen LogP contribution in [0.15, 0.2) is 35.3 Å². The van der Waals surface area contributed by atoms with Crippen molar-refractivity contribution in [1.29, 1.82) is 0 Å². The minimum Gasteiger partial charge on any atom is -0.477 e. The molecule has 0 saturated heterocycles. The fourth-order valence-electron chi connectivity index (χ4n) is 2.25. The van der Waals surface area contributed by atoms with Gasteiger partial charge in [-0.15, -0.1) is 0 Å². The number of carbonyl (C=O) groups excluding carboxylic acids is 1. The second kappa shape index (κ2) is 7.29. The number of carboxylic acid groups (broad SMARTS) is 1. The van der Waals surface area contributed by atoms with Gasteiger partial charge >= 0.3 is 11.9 Å². The number of esters is 1.